The van der Waals surface area contributed by atoms with Crippen molar-refractivity contribution in [3.8, 4) is 17.2 Å². The van der Waals surface area contributed by atoms with E-state index in [1.165, 1.54) is 0 Å². The summed E-state index contributed by atoms with van der Waals surface area (Å²) in [6.45, 7) is 4.80. The van der Waals surface area contributed by atoms with Gasteiger partial charge in [-0.25, -0.2) is 9.67 Å². The molecule has 0 saturated carbocycles. The average Bonchev–Trinajstić information content (AvgIpc) is 3.61. The van der Waals surface area contributed by atoms with E-state index in [1.807, 2.05) is 28.9 Å². The lowest BCUT2D eigenvalue weighted by Gasteiger charge is -2.27. The molecule has 4 aromatic rings. The Balaban J connectivity index is 1.65. The third-order valence-corrected chi connectivity index (χ3v) is 6.64. The molecule has 0 saturated heterocycles. The van der Waals surface area contributed by atoms with Gasteiger partial charge in [-0.2, -0.15) is 5.21 Å². The molecule has 1 aromatic carbocycles. The number of H-pyrrole nitrogens is 1. The van der Waals surface area contributed by atoms with Crippen molar-refractivity contribution in [3.63, 3.8) is 0 Å². The summed E-state index contributed by atoms with van der Waals surface area (Å²) in [6, 6.07) is 9.65. The van der Waals surface area contributed by atoms with Crippen molar-refractivity contribution in [2.45, 2.75) is 58.3 Å². The first-order chi connectivity index (χ1) is 17.5. The first kappa shape index (κ1) is 26.3. The molecule has 0 bridgehead atoms. The lowest BCUT2D eigenvalue weighted by molar-refractivity contribution is -0.225. The molecule has 1 N–H and O–H groups in total. The number of unbranched alkanes of at least 4 members (excludes halogenated alkanes) is 1. The maximum Gasteiger partial charge on any atom is 0.231 e. The molecule has 0 aliphatic rings. The van der Waals surface area contributed by atoms with E-state index in [0.29, 0.717) is 40.5 Å². The van der Waals surface area contributed by atoms with Crippen molar-refractivity contribution in [1.82, 2.24) is 40.0 Å². The van der Waals surface area contributed by atoms with Gasteiger partial charge in [0.2, 0.25) is 17.4 Å². The van der Waals surface area contributed by atoms with E-state index in [0.717, 1.165) is 42.8 Å². The summed E-state index contributed by atoms with van der Waals surface area (Å²) in [5.41, 5.74) is 2.44. The van der Waals surface area contributed by atoms with E-state index in [9.17, 15) is 0 Å². The molecular weight excluding hydrogens is 503 g/mol. The quantitative estimate of drug-likeness (QED) is 0.250. The number of tetrazole rings is 1. The van der Waals surface area contributed by atoms with Gasteiger partial charge in [-0.3, -0.25) is 4.57 Å². The van der Waals surface area contributed by atoms with Crippen LogP contribution in [0.25, 0.3) is 17.2 Å². The first-order valence-corrected chi connectivity index (χ1v) is 12.7. The number of ether oxygens (including phenoxy) is 2. The second-order valence-corrected chi connectivity index (χ2v) is 9.22. The predicted octanol–water partition coefficient (Wildman–Crippen LogP) is 5.19. The maximum atomic E-state index is 6.49. The summed E-state index contributed by atoms with van der Waals surface area (Å²) in [6.07, 6.45) is 4.44. The van der Waals surface area contributed by atoms with Crippen LogP contribution in [0.1, 0.15) is 56.7 Å². The van der Waals surface area contributed by atoms with Crippen LogP contribution in [-0.2, 0) is 28.2 Å². The van der Waals surface area contributed by atoms with Gasteiger partial charge >= 0.3 is 0 Å². The summed E-state index contributed by atoms with van der Waals surface area (Å²) in [4.78, 5) is 4.84. The fourth-order valence-electron chi connectivity index (χ4n) is 4.19. The van der Waals surface area contributed by atoms with Crippen molar-refractivity contribution in [2.24, 2.45) is 0 Å². The molecule has 0 aliphatic heterocycles. The minimum absolute atomic E-state index is 0.360. The number of aryl methyl sites for hydroxylation is 1. The summed E-state index contributed by atoms with van der Waals surface area (Å²) >= 11 is 12.9. The summed E-state index contributed by atoms with van der Waals surface area (Å²) in [5, 5.41) is 19.9. The number of rotatable bonds is 12. The lowest BCUT2D eigenvalue weighted by Crippen LogP contribution is -2.32. The summed E-state index contributed by atoms with van der Waals surface area (Å²) in [7, 11) is 3.26. The van der Waals surface area contributed by atoms with E-state index in [2.05, 4.69) is 34.5 Å². The van der Waals surface area contributed by atoms with Gasteiger partial charge < -0.3 is 9.47 Å². The minimum atomic E-state index is -0.958. The molecule has 10 nitrogen and oxygen atoms in total. The van der Waals surface area contributed by atoms with Gasteiger partial charge in [0.1, 0.15) is 16.7 Å². The fraction of sp³-hybridized carbons (Fsp3) is 0.458. The van der Waals surface area contributed by atoms with Crippen molar-refractivity contribution < 1.29 is 9.47 Å². The molecule has 192 valence electrons. The zero-order valence-electron chi connectivity index (χ0n) is 20.8. The monoisotopic (exact) mass is 532 g/mol. The standard InChI is InChI=1S/C24H30Cl2N8O2/c1-5-7-8-20-27-23(24(35-3,36-4)13-6-2)30-33(20)15-16-9-11-17(12-10-16)34-19(26)14-18(25)21(34)22-28-31-32-29-22/h9-12,14H,5-8,13,15H2,1-4H3,(H,28,29,31,32). The number of methoxy groups -OCH3 is 2. The average molecular weight is 533 g/mol. The molecule has 12 heteroatoms. The Labute approximate surface area is 219 Å². The van der Waals surface area contributed by atoms with E-state index in [4.69, 9.17) is 42.8 Å². The minimum Gasteiger partial charge on any atom is -0.347 e. The van der Waals surface area contributed by atoms with Gasteiger partial charge in [0.05, 0.1) is 11.6 Å². The van der Waals surface area contributed by atoms with Gasteiger partial charge in [0.15, 0.2) is 0 Å². The first-order valence-electron chi connectivity index (χ1n) is 11.9. The Morgan fingerprint density at radius 1 is 1.06 bits per heavy atom. The van der Waals surface area contributed by atoms with Crippen molar-refractivity contribution in [3.05, 3.63) is 57.7 Å². The summed E-state index contributed by atoms with van der Waals surface area (Å²) in [5.74, 6) is 0.861. The molecule has 0 radical (unpaired) electrons. The van der Waals surface area contributed by atoms with Crippen LogP contribution in [0.2, 0.25) is 10.2 Å². The highest BCUT2D eigenvalue weighted by Gasteiger charge is 2.36. The molecule has 36 heavy (non-hydrogen) atoms. The van der Waals surface area contributed by atoms with Crippen molar-refractivity contribution in [2.75, 3.05) is 14.2 Å². The van der Waals surface area contributed by atoms with Gasteiger partial charge in [0.25, 0.3) is 0 Å². The second-order valence-electron chi connectivity index (χ2n) is 8.42. The third-order valence-electron chi connectivity index (χ3n) is 6.07. The molecule has 0 aliphatic carbocycles. The molecule has 3 heterocycles. The Bertz CT molecular complexity index is 1260. The highest BCUT2D eigenvalue weighted by atomic mass is 35.5. The number of aromatic nitrogens is 8. The van der Waals surface area contributed by atoms with E-state index in [1.54, 1.807) is 24.9 Å². The molecule has 3 aromatic heterocycles. The van der Waals surface area contributed by atoms with Crippen LogP contribution in [0.4, 0.5) is 0 Å². The van der Waals surface area contributed by atoms with Crippen LogP contribution in [0.15, 0.2) is 30.3 Å². The molecule has 0 fully saturated rings. The topological polar surface area (TPSA) is 109 Å². The van der Waals surface area contributed by atoms with Crippen molar-refractivity contribution >= 4 is 23.2 Å². The Morgan fingerprint density at radius 3 is 2.42 bits per heavy atom. The van der Waals surface area contributed by atoms with Gasteiger partial charge in [0, 0.05) is 32.7 Å². The third kappa shape index (κ3) is 5.17. The predicted molar refractivity (Wildman–Crippen MR) is 137 cm³/mol. The SMILES string of the molecule is CCCCc1nc(C(CCC)(OC)OC)nn1Cc1ccc(-n2c(Cl)cc(Cl)c2-c2nn[nH]n2)cc1. The normalized spacial score (nSPS) is 11.9. The van der Waals surface area contributed by atoms with Crippen LogP contribution < -0.4 is 0 Å². The molecule has 0 amide bonds. The number of halogens is 2. The van der Waals surface area contributed by atoms with Crippen LogP contribution >= 0.6 is 23.2 Å². The smallest absolute Gasteiger partial charge is 0.231 e. The number of nitrogens with one attached hydrogen (secondary N) is 1. The number of hydrogen-bond donors (Lipinski definition) is 1. The maximum absolute atomic E-state index is 6.49. The zero-order valence-corrected chi connectivity index (χ0v) is 22.3. The van der Waals surface area contributed by atoms with E-state index >= 15 is 0 Å². The van der Waals surface area contributed by atoms with Gasteiger partial charge in [-0.05, 0) is 35.4 Å². The number of hydrogen-bond acceptors (Lipinski definition) is 7. The van der Waals surface area contributed by atoms with Crippen LogP contribution in [0, 0.1) is 0 Å². The van der Waals surface area contributed by atoms with E-state index in [-0.39, 0.29) is 0 Å². The largest absolute Gasteiger partial charge is 0.347 e. The fourth-order valence-corrected chi connectivity index (χ4v) is 4.81. The number of aromatic amines is 1. The number of benzene rings is 1. The van der Waals surface area contributed by atoms with Crippen molar-refractivity contribution in [1.29, 1.82) is 0 Å². The van der Waals surface area contributed by atoms with Crippen LogP contribution in [-0.4, -0.2) is 54.2 Å². The lowest BCUT2D eigenvalue weighted by atomic mass is 10.1. The molecule has 0 spiro atoms. The summed E-state index contributed by atoms with van der Waals surface area (Å²) < 4.78 is 15.2. The molecule has 4 rings (SSSR count). The van der Waals surface area contributed by atoms with Gasteiger partial charge in [-0.15, -0.1) is 15.3 Å². The highest BCUT2D eigenvalue weighted by molar-refractivity contribution is 6.36. The Kier molecular flexibility index (Phi) is 8.40. The Morgan fingerprint density at radius 2 is 1.81 bits per heavy atom. The highest BCUT2D eigenvalue weighted by Crippen LogP contribution is 2.34. The molecule has 0 unspecified atom stereocenters. The zero-order chi connectivity index (χ0) is 25.7. The molecule has 0 atom stereocenters. The Hall–Kier alpha value is -2.79. The second kappa shape index (κ2) is 11.5. The van der Waals surface area contributed by atoms with E-state index < -0.39 is 5.79 Å². The number of nitrogens with zero attached hydrogens (tertiary/aromatic N) is 7. The van der Waals surface area contributed by atoms with Crippen LogP contribution in [0.5, 0.6) is 0 Å². The molecular formula is C24H30Cl2N8O2. The van der Waals surface area contributed by atoms with Crippen LogP contribution in [0.3, 0.4) is 0 Å². The van der Waals surface area contributed by atoms with Gasteiger partial charge in [-0.1, -0.05) is 62.0 Å².